The monoisotopic (exact) mass is 246 g/mol. The second-order valence-electron chi connectivity index (χ2n) is 6.41. The molecule has 4 heteroatoms. The van der Waals surface area contributed by atoms with E-state index < -0.39 is 16.9 Å². The molecule has 0 saturated heterocycles. The number of hydrogen-bond donors (Lipinski definition) is 1. The first-order valence-corrected chi connectivity index (χ1v) is 6.19. The van der Waals surface area contributed by atoms with Gasteiger partial charge in [-0.3, -0.25) is 4.79 Å². The molecule has 2 fully saturated rings. The van der Waals surface area contributed by atoms with Crippen molar-refractivity contribution in [2.75, 3.05) is 0 Å². The molecule has 0 bridgehead atoms. The molecule has 1 unspecified atom stereocenters. The summed E-state index contributed by atoms with van der Waals surface area (Å²) in [4.78, 5) is 11.6. The van der Waals surface area contributed by atoms with E-state index in [1.807, 2.05) is 0 Å². The van der Waals surface area contributed by atoms with Gasteiger partial charge in [0.25, 0.3) is 0 Å². The van der Waals surface area contributed by atoms with E-state index in [1.165, 1.54) is 6.92 Å². The molecule has 2 saturated carbocycles. The lowest BCUT2D eigenvalue weighted by molar-refractivity contribution is -0.142. The zero-order valence-electron chi connectivity index (χ0n) is 10.6. The second-order valence-corrected chi connectivity index (χ2v) is 6.41. The summed E-state index contributed by atoms with van der Waals surface area (Å²) in [5.74, 6) is -2.91. The van der Waals surface area contributed by atoms with Crippen LogP contribution in [-0.4, -0.2) is 22.4 Å². The normalized spacial score (nSPS) is 40.4. The third-order valence-corrected chi connectivity index (χ3v) is 5.03. The number of carbonyl (C=O) groups is 1. The molecule has 0 aliphatic heterocycles. The second kappa shape index (κ2) is 3.50. The van der Waals surface area contributed by atoms with E-state index >= 15 is 0 Å². The van der Waals surface area contributed by atoms with E-state index in [0.29, 0.717) is 12.8 Å². The van der Waals surface area contributed by atoms with E-state index in [0.717, 1.165) is 0 Å². The summed E-state index contributed by atoms with van der Waals surface area (Å²) < 4.78 is 26.4. The number of Topliss-reactive ketones (excluding diaryl/α,β-unsaturated/α-hetero) is 1. The maximum atomic E-state index is 13.2. The fraction of sp³-hybridized carbons (Fsp3) is 0.923. The Morgan fingerprint density at radius 2 is 1.59 bits per heavy atom. The van der Waals surface area contributed by atoms with Crippen molar-refractivity contribution >= 4 is 5.78 Å². The smallest absolute Gasteiger partial charge is 0.248 e. The van der Waals surface area contributed by atoms with Crippen molar-refractivity contribution in [1.82, 2.24) is 0 Å². The van der Waals surface area contributed by atoms with E-state index in [2.05, 4.69) is 0 Å². The SMILES string of the molecule is CC(=O)C(C)(C)C1(O)C[C@H]2CC(F)(F)C[C@H]2C1. The molecule has 2 rings (SSSR count). The quantitative estimate of drug-likeness (QED) is 0.813. The van der Waals surface area contributed by atoms with Crippen LogP contribution >= 0.6 is 0 Å². The Morgan fingerprint density at radius 3 is 1.94 bits per heavy atom. The maximum absolute atomic E-state index is 13.2. The first kappa shape index (κ1) is 12.9. The van der Waals surface area contributed by atoms with Crippen LogP contribution in [-0.2, 0) is 4.79 Å². The van der Waals surface area contributed by atoms with Gasteiger partial charge in [-0.25, -0.2) is 8.78 Å². The molecule has 98 valence electrons. The number of hydrogen-bond acceptors (Lipinski definition) is 2. The van der Waals surface area contributed by atoms with Gasteiger partial charge >= 0.3 is 0 Å². The Bertz CT molecular complexity index is 333. The number of carbonyl (C=O) groups excluding carboxylic acids is 1. The van der Waals surface area contributed by atoms with Crippen molar-refractivity contribution in [1.29, 1.82) is 0 Å². The van der Waals surface area contributed by atoms with Crippen LogP contribution in [0, 0.1) is 17.3 Å². The molecule has 2 aliphatic rings. The Balaban J connectivity index is 2.17. The molecule has 0 aromatic rings. The van der Waals surface area contributed by atoms with Crippen molar-refractivity contribution < 1.29 is 18.7 Å². The van der Waals surface area contributed by atoms with Crippen LogP contribution in [0.25, 0.3) is 0 Å². The molecule has 0 aromatic heterocycles. The zero-order valence-corrected chi connectivity index (χ0v) is 10.6. The molecule has 0 spiro atoms. The molecule has 17 heavy (non-hydrogen) atoms. The minimum atomic E-state index is -2.57. The third-order valence-electron chi connectivity index (χ3n) is 5.03. The number of ketones is 1. The zero-order chi connectivity index (χ0) is 13.1. The first-order valence-electron chi connectivity index (χ1n) is 6.19. The minimum Gasteiger partial charge on any atom is -0.389 e. The van der Waals surface area contributed by atoms with E-state index in [4.69, 9.17) is 0 Å². The van der Waals surface area contributed by atoms with Crippen LogP contribution in [0.15, 0.2) is 0 Å². The summed E-state index contributed by atoms with van der Waals surface area (Å²) in [5, 5.41) is 10.6. The van der Waals surface area contributed by atoms with Gasteiger partial charge in [-0.2, -0.15) is 0 Å². The Labute approximate surface area is 100 Å². The summed E-state index contributed by atoms with van der Waals surface area (Å²) in [6, 6.07) is 0. The van der Waals surface area contributed by atoms with Crippen molar-refractivity contribution in [3.05, 3.63) is 0 Å². The van der Waals surface area contributed by atoms with E-state index in [-0.39, 0.29) is 30.5 Å². The number of alkyl halides is 2. The number of fused-ring (bicyclic) bond motifs is 1. The summed E-state index contributed by atoms with van der Waals surface area (Å²) in [7, 11) is 0. The lowest BCUT2D eigenvalue weighted by Gasteiger charge is -2.39. The predicted molar refractivity (Wildman–Crippen MR) is 59.8 cm³/mol. The summed E-state index contributed by atoms with van der Waals surface area (Å²) in [6.45, 7) is 4.89. The molecule has 2 aliphatic carbocycles. The van der Waals surface area contributed by atoms with Gasteiger partial charge in [0.15, 0.2) is 0 Å². The number of aliphatic hydroxyl groups is 1. The summed E-state index contributed by atoms with van der Waals surface area (Å²) >= 11 is 0. The average Bonchev–Trinajstić information content (AvgIpc) is 2.54. The lowest BCUT2D eigenvalue weighted by atomic mass is 9.70. The van der Waals surface area contributed by atoms with Gasteiger partial charge in [-0.15, -0.1) is 0 Å². The molecular weight excluding hydrogens is 226 g/mol. The molecule has 0 amide bonds. The Kier molecular flexibility index (Phi) is 2.66. The van der Waals surface area contributed by atoms with Gasteiger partial charge in [-0.1, -0.05) is 13.8 Å². The highest BCUT2D eigenvalue weighted by Crippen LogP contribution is 2.58. The minimum absolute atomic E-state index is 0.0771. The van der Waals surface area contributed by atoms with E-state index in [1.54, 1.807) is 13.8 Å². The van der Waals surface area contributed by atoms with Crippen LogP contribution in [0.2, 0.25) is 0 Å². The van der Waals surface area contributed by atoms with Crippen LogP contribution in [0.1, 0.15) is 46.5 Å². The molecule has 0 heterocycles. The van der Waals surface area contributed by atoms with Crippen LogP contribution in [0.4, 0.5) is 8.78 Å². The van der Waals surface area contributed by atoms with Gasteiger partial charge in [-0.05, 0) is 31.6 Å². The van der Waals surface area contributed by atoms with Crippen molar-refractivity contribution in [3.8, 4) is 0 Å². The first-order chi connectivity index (χ1) is 7.57. The van der Waals surface area contributed by atoms with Crippen molar-refractivity contribution in [2.24, 2.45) is 17.3 Å². The highest BCUT2D eigenvalue weighted by molar-refractivity contribution is 5.83. The van der Waals surface area contributed by atoms with Gasteiger partial charge in [0.1, 0.15) is 5.78 Å². The van der Waals surface area contributed by atoms with Gasteiger partial charge in [0.2, 0.25) is 5.92 Å². The van der Waals surface area contributed by atoms with Crippen molar-refractivity contribution in [3.63, 3.8) is 0 Å². The molecule has 0 aromatic carbocycles. The molecule has 3 atom stereocenters. The summed E-state index contributed by atoms with van der Waals surface area (Å²) in [6.07, 6.45) is 0.404. The lowest BCUT2D eigenvalue weighted by Crippen LogP contribution is -2.47. The molecular formula is C13H20F2O2. The largest absolute Gasteiger partial charge is 0.389 e. The fourth-order valence-corrected chi connectivity index (χ4v) is 3.45. The highest BCUT2D eigenvalue weighted by Gasteiger charge is 2.60. The van der Waals surface area contributed by atoms with Crippen LogP contribution < -0.4 is 0 Å². The predicted octanol–water partition coefficient (Wildman–Crippen LogP) is 2.79. The van der Waals surface area contributed by atoms with Crippen molar-refractivity contribution in [2.45, 2.75) is 58.0 Å². The van der Waals surface area contributed by atoms with Crippen LogP contribution in [0.5, 0.6) is 0 Å². The molecule has 1 N–H and O–H groups in total. The standard InChI is InChI=1S/C13H20F2O2/c1-8(16)11(2,3)12(17)4-9-6-13(14,15)7-10(9)5-12/h9-10,17H,4-7H2,1-3H3/t9-,10+,12?. The average molecular weight is 246 g/mol. The third kappa shape index (κ3) is 1.90. The van der Waals surface area contributed by atoms with E-state index in [9.17, 15) is 18.7 Å². The number of rotatable bonds is 2. The van der Waals surface area contributed by atoms with Crippen LogP contribution in [0.3, 0.4) is 0 Å². The molecule has 2 nitrogen and oxygen atoms in total. The Morgan fingerprint density at radius 1 is 1.18 bits per heavy atom. The van der Waals surface area contributed by atoms with Gasteiger partial charge in [0, 0.05) is 12.8 Å². The highest BCUT2D eigenvalue weighted by atomic mass is 19.3. The Hall–Kier alpha value is -0.510. The van der Waals surface area contributed by atoms with Gasteiger partial charge in [0.05, 0.1) is 11.0 Å². The summed E-state index contributed by atoms with van der Waals surface area (Å²) in [5.41, 5.74) is -1.95. The topological polar surface area (TPSA) is 37.3 Å². The number of halogens is 2. The fourth-order valence-electron chi connectivity index (χ4n) is 3.45. The molecule has 0 radical (unpaired) electrons. The van der Waals surface area contributed by atoms with Gasteiger partial charge < -0.3 is 5.11 Å². The maximum Gasteiger partial charge on any atom is 0.248 e.